The van der Waals surface area contributed by atoms with Crippen molar-refractivity contribution in [3.05, 3.63) is 27.3 Å². The number of ether oxygens (including phenoxy) is 1. The molecule has 15 heavy (non-hydrogen) atoms. The van der Waals surface area contributed by atoms with Gasteiger partial charge >= 0.3 is 0 Å². The van der Waals surface area contributed by atoms with Crippen LogP contribution in [0.1, 0.15) is 18.4 Å². The van der Waals surface area contributed by atoms with Crippen LogP contribution in [0.2, 0.25) is 0 Å². The Morgan fingerprint density at radius 1 is 1.47 bits per heavy atom. The topological polar surface area (TPSA) is 21.3 Å². The second kappa shape index (κ2) is 5.16. The zero-order valence-electron chi connectivity index (χ0n) is 8.92. The molecule has 1 heterocycles. The Morgan fingerprint density at radius 2 is 2.33 bits per heavy atom. The Morgan fingerprint density at radius 3 is 3.00 bits per heavy atom. The first-order valence-corrected chi connectivity index (χ1v) is 6.44. The zero-order chi connectivity index (χ0) is 10.7. The number of aryl methyl sites for hydroxylation is 1. The van der Waals surface area contributed by atoms with Crippen molar-refractivity contribution >= 4 is 28.3 Å². The number of benzene rings is 1. The third-order valence-electron chi connectivity index (χ3n) is 2.70. The molecule has 1 unspecified atom stereocenters. The summed E-state index contributed by atoms with van der Waals surface area (Å²) >= 11 is 2.37. The van der Waals surface area contributed by atoms with Crippen LogP contribution in [0.4, 0.5) is 5.69 Å². The average Bonchev–Trinajstić information content (AvgIpc) is 2.25. The maximum Gasteiger partial charge on any atom is 0.0667 e. The highest BCUT2D eigenvalue weighted by Crippen LogP contribution is 2.19. The van der Waals surface area contributed by atoms with Crippen LogP contribution in [-0.4, -0.2) is 19.3 Å². The van der Waals surface area contributed by atoms with Gasteiger partial charge in [0.25, 0.3) is 0 Å². The van der Waals surface area contributed by atoms with E-state index in [1.54, 1.807) is 0 Å². The van der Waals surface area contributed by atoms with E-state index in [2.05, 4.69) is 53.0 Å². The number of hydrogen-bond donors (Lipinski definition) is 1. The lowest BCUT2D eigenvalue weighted by atomic mass is 10.1. The standard InChI is InChI=1S/C12H16INO/c1-9-4-5-10(7-12(9)13)14-11-3-2-6-15-8-11/h4-5,7,11,14H,2-3,6,8H2,1H3. The first kappa shape index (κ1) is 11.2. The largest absolute Gasteiger partial charge is 0.380 e. The molecular weight excluding hydrogens is 301 g/mol. The molecule has 82 valence electrons. The molecule has 0 bridgehead atoms. The van der Waals surface area contributed by atoms with Crippen LogP contribution in [0.5, 0.6) is 0 Å². The lowest BCUT2D eigenvalue weighted by Gasteiger charge is -2.24. The summed E-state index contributed by atoms with van der Waals surface area (Å²) in [7, 11) is 0. The predicted octanol–water partition coefficient (Wildman–Crippen LogP) is 3.19. The third-order valence-corrected chi connectivity index (χ3v) is 3.87. The third kappa shape index (κ3) is 3.08. The van der Waals surface area contributed by atoms with E-state index in [1.165, 1.54) is 27.7 Å². The van der Waals surface area contributed by atoms with Gasteiger partial charge in [-0.05, 0) is 60.1 Å². The molecule has 0 saturated carbocycles. The normalized spacial score (nSPS) is 21.3. The molecule has 0 aromatic heterocycles. The highest BCUT2D eigenvalue weighted by molar-refractivity contribution is 14.1. The van der Waals surface area contributed by atoms with Crippen LogP contribution in [-0.2, 0) is 4.74 Å². The Bertz CT molecular complexity index is 334. The first-order valence-electron chi connectivity index (χ1n) is 5.36. The average molecular weight is 317 g/mol. The van der Waals surface area contributed by atoms with E-state index < -0.39 is 0 Å². The fourth-order valence-electron chi connectivity index (χ4n) is 1.77. The van der Waals surface area contributed by atoms with Crippen LogP contribution < -0.4 is 5.32 Å². The highest BCUT2D eigenvalue weighted by atomic mass is 127. The van der Waals surface area contributed by atoms with Gasteiger partial charge in [-0.2, -0.15) is 0 Å². The van der Waals surface area contributed by atoms with Crippen LogP contribution in [0, 0.1) is 10.5 Å². The molecular formula is C12H16INO. The molecule has 1 aliphatic heterocycles. The van der Waals surface area contributed by atoms with Crippen molar-refractivity contribution in [3.8, 4) is 0 Å². The molecule has 0 spiro atoms. The molecule has 1 atom stereocenters. The Labute approximate surface area is 105 Å². The lowest BCUT2D eigenvalue weighted by Crippen LogP contribution is -2.29. The van der Waals surface area contributed by atoms with Gasteiger partial charge in [0.05, 0.1) is 6.61 Å². The monoisotopic (exact) mass is 317 g/mol. The maximum absolute atomic E-state index is 5.44. The van der Waals surface area contributed by atoms with Crippen molar-refractivity contribution in [2.24, 2.45) is 0 Å². The Kier molecular flexibility index (Phi) is 3.86. The highest BCUT2D eigenvalue weighted by Gasteiger charge is 2.13. The van der Waals surface area contributed by atoms with Crippen molar-refractivity contribution in [3.63, 3.8) is 0 Å². The fourth-order valence-corrected chi connectivity index (χ4v) is 2.29. The number of rotatable bonds is 2. The summed E-state index contributed by atoms with van der Waals surface area (Å²) in [6.07, 6.45) is 2.38. The van der Waals surface area contributed by atoms with Crippen molar-refractivity contribution in [1.82, 2.24) is 0 Å². The Hall–Kier alpha value is -0.290. The molecule has 3 heteroatoms. The number of nitrogens with one attached hydrogen (secondary N) is 1. The second-order valence-corrected chi connectivity index (χ2v) is 5.18. The molecule has 1 N–H and O–H groups in total. The molecule has 0 amide bonds. The van der Waals surface area contributed by atoms with Gasteiger partial charge in [-0.1, -0.05) is 6.07 Å². The summed E-state index contributed by atoms with van der Waals surface area (Å²) in [5, 5.41) is 3.52. The number of anilines is 1. The summed E-state index contributed by atoms with van der Waals surface area (Å²) in [5.74, 6) is 0. The molecule has 2 nitrogen and oxygen atoms in total. The molecule has 0 radical (unpaired) electrons. The summed E-state index contributed by atoms with van der Waals surface area (Å²) in [6.45, 7) is 3.89. The second-order valence-electron chi connectivity index (χ2n) is 4.02. The molecule has 1 aliphatic rings. The SMILES string of the molecule is Cc1ccc(NC2CCCOC2)cc1I. The minimum Gasteiger partial charge on any atom is -0.380 e. The minimum absolute atomic E-state index is 0.484. The van der Waals surface area contributed by atoms with E-state index in [0.717, 1.165) is 13.2 Å². The number of halogens is 1. The molecule has 1 aromatic rings. The molecule has 1 saturated heterocycles. The van der Waals surface area contributed by atoms with E-state index in [4.69, 9.17) is 4.74 Å². The van der Waals surface area contributed by atoms with Gasteiger partial charge in [0.1, 0.15) is 0 Å². The summed E-state index contributed by atoms with van der Waals surface area (Å²) in [4.78, 5) is 0. The van der Waals surface area contributed by atoms with E-state index in [1.807, 2.05) is 0 Å². The van der Waals surface area contributed by atoms with Crippen LogP contribution in [0.3, 0.4) is 0 Å². The maximum atomic E-state index is 5.44. The van der Waals surface area contributed by atoms with Crippen LogP contribution in [0.15, 0.2) is 18.2 Å². The fraction of sp³-hybridized carbons (Fsp3) is 0.500. The summed E-state index contributed by atoms with van der Waals surface area (Å²) in [5.41, 5.74) is 2.54. The van der Waals surface area contributed by atoms with Crippen molar-refractivity contribution < 1.29 is 4.74 Å². The van der Waals surface area contributed by atoms with Crippen molar-refractivity contribution in [2.45, 2.75) is 25.8 Å². The van der Waals surface area contributed by atoms with Gasteiger partial charge < -0.3 is 10.1 Å². The Balaban J connectivity index is 2.00. The van der Waals surface area contributed by atoms with Gasteiger partial charge in [0.2, 0.25) is 0 Å². The number of hydrogen-bond acceptors (Lipinski definition) is 2. The van der Waals surface area contributed by atoms with Gasteiger partial charge in [-0.3, -0.25) is 0 Å². The summed E-state index contributed by atoms with van der Waals surface area (Å²) in [6, 6.07) is 6.99. The quantitative estimate of drug-likeness (QED) is 0.846. The zero-order valence-corrected chi connectivity index (χ0v) is 11.1. The van der Waals surface area contributed by atoms with Gasteiger partial charge in [-0.15, -0.1) is 0 Å². The van der Waals surface area contributed by atoms with Gasteiger partial charge in [-0.25, -0.2) is 0 Å². The first-order chi connectivity index (χ1) is 7.25. The summed E-state index contributed by atoms with van der Waals surface area (Å²) < 4.78 is 6.76. The van der Waals surface area contributed by atoms with Crippen LogP contribution in [0.25, 0.3) is 0 Å². The predicted molar refractivity (Wildman–Crippen MR) is 71.4 cm³/mol. The van der Waals surface area contributed by atoms with E-state index in [9.17, 15) is 0 Å². The van der Waals surface area contributed by atoms with Crippen molar-refractivity contribution in [2.75, 3.05) is 18.5 Å². The minimum atomic E-state index is 0.484. The molecule has 0 aliphatic carbocycles. The molecule has 1 aromatic carbocycles. The van der Waals surface area contributed by atoms with E-state index in [0.29, 0.717) is 6.04 Å². The van der Waals surface area contributed by atoms with E-state index in [-0.39, 0.29) is 0 Å². The van der Waals surface area contributed by atoms with Gasteiger partial charge in [0.15, 0.2) is 0 Å². The van der Waals surface area contributed by atoms with Gasteiger partial charge in [0, 0.05) is 21.9 Å². The van der Waals surface area contributed by atoms with Crippen molar-refractivity contribution in [1.29, 1.82) is 0 Å². The molecule has 1 fully saturated rings. The lowest BCUT2D eigenvalue weighted by molar-refractivity contribution is 0.0876. The van der Waals surface area contributed by atoms with E-state index >= 15 is 0 Å². The smallest absolute Gasteiger partial charge is 0.0667 e. The van der Waals surface area contributed by atoms with Crippen LogP contribution >= 0.6 is 22.6 Å². The molecule has 2 rings (SSSR count).